The normalized spacial score (nSPS) is 9.69. The van der Waals surface area contributed by atoms with Gasteiger partial charge in [0.25, 0.3) is 0 Å². The van der Waals surface area contributed by atoms with Gasteiger partial charge in [-0.25, -0.2) is 4.79 Å². The molecule has 0 aliphatic heterocycles. The van der Waals surface area contributed by atoms with E-state index in [2.05, 4.69) is 4.98 Å². The van der Waals surface area contributed by atoms with Gasteiger partial charge in [-0.15, -0.1) is 0 Å². The molecule has 0 fully saturated rings. The van der Waals surface area contributed by atoms with Crippen LogP contribution in [0.25, 0.3) is 0 Å². The van der Waals surface area contributed by atoms with Crippen molar-refractivity contribution in [2.45, 2.75) is 13.8 Å². The highest BCUT2D eigenvalue weighted by Crippen LogP contribution is 2.18. The van der Waals surface area contributed by atoms with Crippen molar-refractivity contribution in [3.63, 3.8) is 0 Å². The van der Waals surface area contributed by atoms with Crippen molar-refractivity contribution in [1.29, 1.82) is 0 Å². The number of aryl methyl sites for hydroxylation is 1. The molecule has 1 aromatic rings. The van der Waals surface area contributed by atoms with Gasteiger partial charge in [0.15, 0.2) is 0 Å². The van der Waals surface area contributed by atoms with Crippen LogP contribution in [0.3, 0.4) is 0 Å². The van der Waals surface area contributed by atoms with Gasteiger partial charge >= 0.3 is 5.97 Å². The van der Waals surface area contributed by atoms with Crippen molar-refractivity contribution in [2.24, 2.45) is 0 Å². The standard InChI is InChI=1S/C9H11NO3/c1-3-13-8-4-6(2)10-5-7(8)9(11)12/h4-5H,3H2,1-2H3,(H,11,12). The average molecular weight is 181 g/mol. The predicted molar refractivity (Wildman–Crippen MR) is 47.1 cm³/mol. The van der Waals surface area contributed by atoms with Crippen molar-refractivity contribution < 1.29 is 14.6 Å². The average Bonchev–Trinajstić information content (AvgIpc) is 2.04. The van der Waals surface area contributed by atoms with Crippen LogP contribution < -0.4 is 4.74 Å². The zero-order chi connectivity index (χ0) is 9.84. The van der Waals surface area contributed by atoms with Crippen LogP contribution in [-0.2, 0) is 0 Å². The van der Waals surface area contributed by atoms with Crippen molar-refractivity contribution in [3.8, 4) is 5.75 Å². The lowest BCUT2D eigenvalue weighted by molar-refractivity contribution is 0.0692. The van der Waals surface area contributed by atoms with Crippen molar-refractivity contribution in [1.82, 2.24) is 4.98 Å². The molecule has 0 atom stereocenters. The summed E-state index contributed by atoms with van der Waals surface area (Å²) in [6.45, 7) is 4.04. The van der Waals surface area contributed by atoms with Gasteiger partial charge in [-0.2, -0.15) is 0 Å². The van der Waals surface area contributed by atoms with E-state index in [1.165, 1.54) is 6.20 Å². The summed E-state index contributed by atoms with van der Waals surface area (Å²) in [6, 6.07) is 1.62. The summed E-state index contributed by atoms with van der Waals surface area (Å²) in [5.74, 6) is -0.640. The Labute approximate surface area is 76.2 Å². The van der Waals surface area contributed by atoms with E-state index in [0.29, 0.717) is 12.4 Å². The number of carboxylic acid groups (broad SMARTS) is 1. The molecule has 0 aliphatic carbocycles. The zero-order valence-corrected chi connectivity index (χ0v) is 7.57. The van der Waals surface area contributed by atoms with Gasteiger partial charge < -0.3 is 9.84 Å². The first-order chi connectivity index (χ1) is 6.15. The molecule has 0 aliphatic rings. The third-order valence-corrected chi connectivity index (χ3v) is 1.53. The summed E-state index contributed by atoms with van der Waals surface area (Å²) >= 11 is 0. The Morgan fingerprint density at radius 1 is 1.69 bits per heavy atom. The van der Waals surface area contributed by atoms with Crippen LogP contribution in [0.4, 0.5) is 0 Å². The van der Waals surface area contributed by atoms with E-state index in [0.717, 1.165) is 5.69 Å². The number of nitrogens with zero attached hydrogens (tertiary/aromatic N) is 1. The Morgan fingerprint density at radius 2 is 2.38 bits per heavy atom. The number of aromatic carboxylic acids is 1. The van der Waals surface area contributed by atoms with Crippen LogP contribution in [0.5, 0.6) is 5.75 Å². The molecule has 0 aromatic carbocycles. The maximum Gasteiger partial charge on any atom is 0.341 e. The molecular formula is C9H11NO3. The molecule has 0 bridgehead atoms. The zero-order valence-electron chi connectivity index (χ0n) is 7.57. The third kappa shape index (κ3) is 2.18. The molecule has 0 radical (unpaired) electrons. The monoisotopic (exact) mass is 181 g/mol. The second kappa shape index (κ2) is 3.89. The predicted octanol–water partition coefficient (Wildman–Crippen LogP) is 1.49. The largest absolute Gasteiger partial charge is 0.493 e. The maximum absolute atomic E-state index is 10.7. The molecule has 0 spiro atoms. The summed E-state index contributed by atoms with van der Waals surface area (Å²) in [5, 5.41) is 8.76. The number of carboxylic acids is 1. The van der Waals surface area contributed by atoms with Crippen molar-refractivity contribution in [3.05, 3.63) is 23.5 Å². The van der Waals surface area contributed by atoms with E-state index >= 15 is 0 Å². The number of pyridine rings is 1. The lowest BCUT2D eigenvalue weighted by Gasteiger charge is -2.06. The fraction of sp³-hybridized carbons (Fsp3) is 0.333. The molecule has 0 unspecified atom stereocenters. The summed E-state index contributed by atoms with van der Waals surface area (Å²) in [4.78, 5) is 14.6. The number of hydrogen-bond donors (Lipinski definition) is 1. The second-order valence-electron chi connectivity index (χ2n) is 2.56. The van der Waals surface area contributed by atoms with E-state index in [1.807, 2.05) is 0 Å². The van der Waals surface area contributed by atoms with Crippen LogP contribution in [0.2, 0.25) is 0 Å². The van der Waals surface area contributed by atoms with Crippen LogP contribution in [0.15, 0.2) is 12.3 Å². The van der Waals surface area contributed by atoms with E-state index < -0.39 is 5.97 Å². The molecule has 1 heterocycles. The molecule has 4 nitrogen and oxygen atoms in total. The lowest BCUT2D eigenvalue weighted by atomic mass is 10.2. The Bertz CT molecular complexity index is 323. The highest BCUT2D eigenvalue weighted by molar-refractivity contribution is 5.90. The van der Waals surface area contributed by atoms with Gasteiger partial charge in [0.05, 0.1) is 6.61 Å². The smallest absolute Gasteiger partial charge is 0.341 e. The number of hydrogen-bond acceptors (Lipinski definition) is 3. The Morgan fingerprint density at radius 3 is 2.92 bits per heavy atom. The SMILES string of the molecule is CCOc1cc(C)ncc1C(=O)O. The molecule has 0 saturated heterocycles. The van der Waals surface area contributed by atoms with Crippen molar-refractivity contribution in [2.75, 3.05) is 6.61 Å². The molecule has 1 rings (SSSR count). The lowest BCUT2D eigenvalue weighted by Crippen LogP contribution is -2.04. The summed E-state index contributed by atoms with van der Waals surface area (Å²) in [5.41, 5.74) is 0.848. The first-order valence-corrected chi connectivity index (χ1v) is 3.98. The maximum atomic E-state index is 10.7. The molecular weight excluding hydrogens is 170 g/mol. The number of aromatic nitrogens is 1. The highest BCUT2D eigenvalue weighted by atomic mass is 16.5. The summed E-state index contributed by atoms with van der Waals surface area (Å²) < 4.78 is 5.16. The van der Waals surface area contributed by atoms with Crippen LogP contribution in [-0.4, -0.2) is 22.7 Å². The molecule has 1 aromatic heterocycles. The van der Waals surface area contributed by atoms with Crippen LogP contribution in [0.1, 0.15) is 23.0 Å². The summed E-state index contributed by atoms with van der Waals surface area (Å²) in [7, 11) is 0. The van der Waals surface area contributed by atoms with E-state index in [4.69, 9.17) is 9.84 Å². The minimum absolute atomic E-state index is 0.104. The van der Waals surface area contributed by atoms with Crippen LogP contribution >= 0.6 is 0 Å². The Hall–Kier alpha value is -1.58. The quantitative estimate of drug-likeness (QED) is 0.767. The van der Waals surface area contributed by atoms with Gasteiger partial charge in [0.2, 0.25) is 0 Å². The minimum atomic E-state index is -1.02. The molecule has 0 amide bonds. The van der Waals surface area contributed by atoms with Gasteiger partial charge in [-0.1, -0.05) is 0 Å². The minimum Gasteiger partial charge on any atom is -0.493 e. The first-order valence-electron chi connectivity index (χ1n) is 3.98. The number of ether oxygens (including phenoxy) is 1. The van der Waals surface area contributed by atoms with Gasteiger partial charge in [-0.3, -0.25) is 4.98 Å². The Balaban J connectivity index is 3.10. The third-order valence-electron chi connectivity index (χ3n) is 1.53. The van der Waals surface area contributed by atoms with Gasteiger partial charge in [0.1, 0.15) is 11.3 Å². The fourth-order valence-corrected chi connectivity index (χ4v) is 0.970. The fourth-order valence-electron chi connectivity index (χ4n) is 0.970. The van der Waals surface area contributed by atoms with E-state index in [1.54, 1.807) is 19.9 Å². The number of rotatable bonds is 3. The van der Waals surface area contributed by atoms with E-state index in [9.17, 15) is 4.79 Å². The number of carbonyl (C=O) groups is 1. The molecule has 13 heavy (non-hydrogen) atoms. The Kier molecular flexibility index (Phi) is 2.84. The van der Waals surface area contributed by atoms with Gasteiger partial charge in [0, 0.05) is 18.0 Å². The van der Waals surface area contributed by atoms with E-state index in [-0.39, 0.29) is 5.56 Å². The second-order valence-corrected chi connectivity index (χ2v) is 2.56. The topological polar surface area (TPSA) is 59.4 Å². The molecule has 0 saturated carbocycles. The molecule has 1 N–H and O–H groups in total. The summed E-state index contributed by atoms with van der Waals surface area (Å²) in [6.07, 6.45) is 1.31. The highest BCUT2D eigenvalue weighted by Gasteiger charge is 2.11. The first kappa shape index (κ1) is 9.51. The molecule has 70 valence electrons. The molecule has 4 heteroatoms. The van der Waals surface area contributed by atoms with Crippen LogP contribution in [0, 0.1) is 6.92 Å². The van der Waals surface area contributed by atoms with Crippen molar-refractivity contribution >= 4 is 5.97 Å². The van der Waals surface area contributed by atoms with Gasteiger partial charge in [-0.05, 0) is 13.8 Å².